The molecule has 3 aliphatic rings. The summed E-state index contributed by atoms with van der Waals surface area (Å²) >= 11 is 0. The Labute approximate surface area is 167 Å². The van der Waals surface area contributed by atoms with Crippen molar-refractivity contribution in [3.8, 4) is 17.1 Å². The SMILES string of the molecule is COc1ccc(-c2ncc(CN3C[C@@H]4CC[C@H]3CNC4)cn2)cc1.Cl.Cl. The first-order valence-electron chi connectivity index (χ1n) is 8.72. The summed E-state index contributed by atoms with van der Waals surface area (Å²) in [7, 11) is 1.67. The molecule has 142 valence electrons. The maximum atomic E-state index is 5.19. The number of piperidine rings is 1. The second kappa shape index (κ2) is 9.51. The Morgan fingerprint density at radius 1 is 1.08 bits per heavy atom. The lowest BCUT2D eigenvalue weighted by Crippen LogP contribution is -2.43. The zero-order valence-electron chi connectivity index (χ0n) is 14.9. The maximum Gasteiger partial charge on any atom is 0.159 e. The lowest BCUT2D eigenvalue weighted by atomic mass is 9.95. The van der Waals surface area contributed by atoms with Crippen molar-refractivity contribution >= 4 is 24.8 Å². The average Bonchev–Trinajstić information content (AvgIpc) is 2.98. The van der Waals surface area contributed by atoms with E-state index in [9.17, 15) is 0 Å². The number of methoxy groups -OCH3 is 1. The molecular formula is C19H26Cl2N4O. The topological polar surface area (TPSA) is 50.3 Å². The number of hydrogen-bond donors (Lipinski definition) is 1. The third-order valence-electron chi connectivity index (χ3n) is 5.17. The van der Waals surface area contributed by atoms with Gasteiger partial charge in [-0.25, -0.2) is 9.97 Å². The van der Waals surface area contributed by atoms with Crippen molar-refractivity contribution in [2.24, 2.45) is 5.92 Å². The average molecular weight is 397 g/mol. The number of rotatable bonds is 4. The van der Waals surface area contributed by atoms with Crippen molar-refractivity contribution in [1.82, 2.24) is 20.2 Å². The van der Waals surface area contributed by atoms with Gasteiger partial charge in [-0.15, -0.1) is 24.8 Å². The number of nitrogens with one attached hydrogen (secondary N) is 1. The van der Waals surface area contributed by atoms with Crippen LogP contribution < -0.4 is 10.1 Å². The molecule has 0 aliphatic carbocycles. The van der Waals surface area contributed by atoms with E-state index < -0.39 is 0 Å². The van der Waals surface area contributed by atoms with Gasteiger partial charge in [0, 0.05) is 49.2 Å². The first-order chi connectivity index (χ1) is 11.8. The first kappa shape index (κ1) is 20.9. The fourth-order valence-corrected chi connectivity index (χ4v) is 3.79. The van der Waals surface area contributed by atoms with E-state index in [1.807, 2.05) is 36.7 Å². The summed E-state index contributed by atoms with van der Waals surface area (Å²) in [5, 5.41) is 3.58. The van der Waals surface area contributed by atoms with E-state index in [0.29, 0.717) is 6.04 Å². The number of ether oxygens (including phenoxy) is 1. The summed E-state index contributed by atoms with van der Waals surface area (Å²) in [5.41, 5.74) is 2.21. The Kier molecular flexibility index (Phi) is 7.65. The van der Waals surface area contributed by atoms with Crippen LogP contribution in [-0.4, -0.2) is 47.7 Å². The lowest BCUT2D eigenvalue weighted by molar-refractivity contribution is 0.126. The number of fused-ring (bicyclic) bond motifs is 4. The van der Waals surface area contributed by atoms with Crippen LogP contribution in [0.2, 0.25) is 0 Å². The Morgan fingerprint density at radius 3 is 2.50 bits per heavy atom. The van der Waals surface area contributed by atoms with Crippen LogP contribution in [-0.2, 0) is 6.54 Å². The molecule has 0 unspecified atom stereocenters. The molecular weight excluding hydrogens is 371 g/mol. The minimum atomic E-state index is 0. The monoisotopic (exact) mass is 396 g/mol. The fraction of sp³-hybridized carbons (Fsp3) is 0.474. The van der Waals surface area contributed by atoms with Gasteiger partial charge in [0.25, 0.3) is 0 Å². The van der Waals surface area contributed by atoms with Crippen molar-refractivity contribution in [3.05, 3.63) is 42.2 Å². The Morgan fingerprint density at radius 2 is 1.81 bits per heavy atom. The van der Waals surface area contributed by atoms with Crippen molar-refractivity contribution in [2.75, 3.05) is 26.7 Å². The van der Waals surface area contributed by atoms with Gasteiger partial charge in [0.2, 0.25) is 0 Å². The van der Waals surface area contributed by atoms with Crippen LogP contribution in [0, 0.1) is 5.92 Å². The van der Waals surface area contributed by atoms with E-state index in [-0.39, 0.29) is 24.8 Å². The van der Waals surface area contributed by atoms with Crippen molar-refractivity contribution in [3.63, 3.8) is 0 Å². The van der Waals surface area contributed by atoms with Gasteiger partial charge in [-0.05, 0) is 49.6 Å². The highest BCUT2D eigenvalue weighted by Gasteiger charge is 2.31. The second-order valence-corrected chi connectivity index (χ2v) is 6.83. The molecule has 3 fully saturated rings. The largest absolute Gasteiger partial charge is 0.497 e. The highest BCUT2D eigenvalue weighted by atomic mass is 35.5. The van der Waals surface area contributed by atoms with Crippen LogP contribution in [0.4, 0.5) is 0 Å². The molecule has 0 spiro atoms. The van der Waals surface area contributed by atoms with Crippen molar-refractivity contribution in [2.45, 2.75) is 25.4 Å². The predicted octanol–water partition coefficient (Wildman–Crippen LogP) is 3.18. The van der Waals surface area contributed by atoms with Crippen LogP contribution in [0.5, 0.6) is 5.75 Å². The number of halogens is 2. The molecule has 1 aromatic carbocycles. The van der Waals surface area contributed by atoms with E-state index in [1.54, 1.807) is 7.11 Å². The van der Waals surface area contributed by atoms with Gasteiger partial charge in [-0.2, -0.15) is 0 Å². The number of hydrogen-bond acceptors (Lipinski definition) is 5. The van der Waals surface area contributed by atoms with Gasteiger partial charge in [-0.1, -0.05) is 0 Å². The standard InChI is InChI=1S/C19H24N4O.2ClH/c1-24-18-6-3-16(4-7-18)19-21-9-15(10-22-19)13-23-12-14-2-5-17(23)11-20-8-14;;/h3-4,6-7,9-10,14,17,20H,2,5,8,11-13H2,1H3;2*1H/t14-,17+;;/m1../s1. The van der Waals surface area contributed by atoms with Gasteiger partial charge in [0.1, 0.15) is 5.75 Å². The fourth-order valence-electron chi connectivity index (χ4n) is 3.79. The number of nitrogens with zero attached hydrogens (tertiary/aromatic N) is 3. The quantitative estimate of drug-likeness (QED) is 0.859. The molecule has 5 nitrogen and oxygen atoms in total. The zero-order valence-corrected chi connectivity index (χ0v) is 16.6. The number of aromatic nitrogens is 2. The van der Waals surface area contributed by atoms with Gasteiger partial charge in [0.15, 0.2) is 5.82 Å². The van der Waals surface area contributed by atoms with Gasteiger partial charge >= 0.3 is 0 Å². The summed E-state index contributed by atoms with van der Waals surface area (Å²) in [6, 6.07) is 8.52. The van der Waals surface area contributed by atoms with Crippen LogP contribution in [0.15, 0.2) is 36.7 Å². The van der Waals surface area contributed by atoms with E-state index in [0.717, 1.165) is 36.1 Å². The molecule has 4 heterocycles. The molecule has 0 radical (unpaired) electrons. The number of benzene rings is 1. The van der Waals surface area contributed by atoms with Gasteiger partial charge < -0.3 is 10.1 Å². The van der Waals surface area contributed by atoms with E-state index >= 15 is 0 Å². The Bertz CT molecular complexity index is 677. The molecule has 2 aromatic rings. The third kappa shape index (κ3) is 4.65. The highest BCUT2D eigenvalue weighted by Crippen LogP contribution is 2.26. The molecule has 1 N–H and O–H groups in total. The lowest BCUT2D eigenvalue weighted by Gasteiger charge is -2.35. The minimum Gasteiger partial charge on any atom is -0.497 e. The zero-order chi connectivity index (χ0) is 16.4. The van der Waals surface area contributed by atoms with Crippen LogP contribution in [0.3, 0.4) is 0 Å². The summed E-state index contributed by atoms with van der Waals surface area (Å²) in [5.74, 6) is 2.41. The smallest absolute Gasteiger partial charge is 0.159 e. The van der Waals surface area contributed by atoms with Gasteiger partial charge in [0.05, 0.1) is 7.11 Å². The van der Waals surface area contributed by atoms with E-state index in [1.165, 1.54) is 31.5 Å². The second-order valence-electron chi connectivity index (χ2n) is 6.83. The van der Waals surface area contributed by atoms with Gasteiger partial charge in [-0.3, -0.25) is 4.90 Å². The maximum absolute atomic E-state index is 5.19. The summed E-state index contributed by atoms with van der Waals surface area (Å²) in [6.45, 7) is 4.42. The molecule has 7 heteroatoms. The van der Waals surface area contributed by atoms with Crippen molar-refractivity contribution < 1.29 is 4.74 Å². The Hall–Kier alpha value is -1.40. The molecule has 2 bridgehead atoms. The normalized spacial score (nSPS) is 22.0. The summed E-state index contributed by atoms with van der Waals surface area (Å²) in [6.07, 6.45) is 6.61. The molecule has 0 saturated carbocycles. The Balaban J connectivity index is 0.00000121. The van der Waals surface area contributed by atoms with Crippen LogP contribution in [0.25, 0.3) is 11.4 Å². The molecule has 2 atom stereocenters. The summed E-state index contributed by atoms with van der Waals surface area (Å²) < 4.78 is 5.19. The molecule has 3 saturated heterocycles. The molecule has 1 aromatic heterocycles. The highest BCUT2D eigenvalue weighted by molar-refractivity contribution is 5.85. The molecule has 5 rings (SSSR count). The molecule has 0 amide bonds. The van der Waals surface area contributed by atoms with Crippen LogP contribution >= 0.6 is 24.8 Å². The van der Waals surface area contributed by atoms with Crippen molar-refractivity contribution in [1.29, 1.82) is 0 Å². The molecule has 3 aliphatic heterocycles. The predicted molar refractivity (Wildman–Crippen MR) is 108 cm³/mol. The first-order valence-corrected chi connectivity index (χ1v) is 8.72. The summed E-state index contributed by atoms with van der Waals surface area (Å²) in [4.78, 5) is 11.7. The minimum absolute atomic E-state index is 0. The molecule has 26 heavy (non-hydrogen) atoms. The van der Waals surface area contributed by atoms with E-state index in [4.69, 9.17) is 4.74 Å². The third-order valence-corrected chi connectivity index (χ3v) is 5.17. The van der Waals surface area contributed by atoms with Crippen LogP contribution in [0.1, 0.15) is 18.4 Å². The van der Waals surface area contributed by atoms with E-state index in [2.05, 4.69) is 20.2 Å².